The van der Waals surface area contributed by atoms with Crippen LogP contribution in [0.2, 0.25) is 0 Å². The van der Waals surface area contributed by atoms with Crippen molar-refractivity contribution in [3.8, 4) is 0 Å². The number of carbonyl (C=O) groups excluding carboxylic acids is 1. The molecule has 1 aliphatic carbocycles. The minimum Gasteiger partial charge on any atom is -0.288 e. The molecule has 0 amide bonds. The molecule has 1 aromatic heterocycles. The van der Waals surface area contributed by atoms with Crippen molar-refractivity contribution >= 4 is 27.2 Å². The second kappa shape index (κ2) is 3.87. The lowest BCUT2D eigenvalue weighted by atomic mass is 10.1. The van der Waals surface area contributed by atoms with Gasteiger partial charge in [0.1, 0.15) is 0 Å². The van der Waals surface area contributed by atoms with Crippen LogP contribution in [0.5, 0.6) is 0 Å². The molecule has 2 heteroatoms. The Labute approximate surface area is 98.4 Å². The van der Waals surface area contributed by atoms with Crippen LogP contribution < -0.4 is 0 Å². The van der Waals surface area contributed by atoms with Gasteiger partial charge in [-0.3, -0.25) is 4.79 Å². The van der Waals surface area contributed by atoms with E-state index in [1.54, 1.807) is 11.3 Å². The summed E-state index contributed by atoms with van der Waals surface area (Å²) in [4.78, 5) is 13.0. The molecule has 0 aliphatic heterocycles. The zero-order chi connectivity index (χ0) is 11.0. The monoisotopic (exact) mass is 228 g/mol. The molecule has 0 saturated heterocycles. The zero-order valence-electron chi connectivity index (χ0n) is 8.90. The number of Topliss-reactive ketones (excluding diaryl/α,β-unsaturated/α-hetero) is 1. The molecular weight excluding hydrogens is 216 g/mol. The summed E-state index contributed by atoms with van der Waals surface area (Å²) in [5.41, 5.74) is 1.01. The van der Waals surface area contributed by atoms with Crippen molar-refractivity contribution in [1.82, 2.24) is 0 Å². The Morgan fingerprint density at radius 3 is 2.88 bits per heavy atom. The second-order valence-electron chi connectivity index (χ2n) is 4.10. The van der Waals surface area contributed by atoms with Crippen molar-refractivity contribution in [3.63, 3.8) is 0 Å². The van der Waals surface area contributed by atoms with Gasteiger partial charge in [-0.2, -0.15) is 0 Å². The Bertz CT molecular complexity index is 544. The Hall–Kier alpha value is -1.41. The van der Waals surface area contributed by atoms with Crippen LogP contribution in [0.4, 0.5) is 0 Å². The fraction of sp³-hybridized carbons (Fsp3) is 0.214. The molecule has 0 N–H and O–H groups in total. The highest BCUT2D eigenvalue weighted by molar-refractivity contribution is 7.21. The van der Waals surface area contributed by atoms with Crippen LogP contribution in [0.1, 0.15) is 28.9 Å². The maximum atomic E-state index is 12.2. The largest absolute Gasteiger partial charge is 0.288 e. The van der Waals surface area contributed by atoms with E-state index in [0.29, 0.717) is 0 Å². The molecule has 1 aliphatic rings. The molecule has 2 aromatic rings. The van der Waals surface area contributed by atoms with Crippen LogP contribution in [0, 0.1) is 0 Å². The molecule has 0 unspecified atom stereocenters. The second-order valence-corrected chi connectivity index (χ2v) is 5.18. The molecule has 0 saturated carbocycles. The van der Waals surface area contributed by atoms with Gasteiger partial charge in [-0.25, -0.2) is 0 Å². The van der Waals surface area contributed by atoms with E-state index in [0.717, 1.165) is 29.7 Å². The van der Waals surface area contributed by atoms with E-state index in [4.69, 9.17) is 0 Å². The number of benzene rings is 1. The van der Waals surface area contributed by atoms with Crippen molar-refractivity contribution in [1.29, 1.82) is 0 Å². The van der Waals surface area contributed by atoms with Crippen LogP contribution in [-0.2, 0) is 0 Å². The van der Waals surface area contributed by atoms with Gasteiger partial charge in [0, 0.05) is 4.70 Å². The third-order valence-corrected chi connectivity index (χ3v) is 4.10. The standard InChI is InChI=1S/C14H12OS/c15-14(10-5-1-2-6-10)13-9-11-7-3-4-8-12(11)16-13/h3-5,7-9H,1-2,6H2. The Morgan fingerprint density at radius 1 is 1.25 bits per heavy atom. The molecule has 80 valence electrons. The summed E-state index contributed by atoms with van der Waals surface area (Å²) in [5.74, 6) is 0.235. The fourth-order valence-electron chi connectivity index (χ4n) is 2.13. The quantitative estimate of drug-likeness (QED) is 0.704. The zero-order valence-corrected chi connectivity index (χ0v) is 9.72. The first-order valence-corrected chi connectivity index (χ1v) is 6.38. The SMILES string of the molecule is O=C(C1=CCCC1)c1cc2ccccc2s1. The number of ketones is 1. The van der Waals surface area contributed by atoms with E-state index < -0.39 is 0 Å². The smallest absolute Gasteiger partial charge is 0.198 e. The van der Waals surface area contributed by atoms with E-state index in [1.807, 2.05) is 18.2 Å². The summed E-state index contributed by atoms with van der Waals surface area (Å²) < 4.78 is 1.20. The predicted molar refractivity (Wildman–Crippen MR) is 68.1 cm³/mol. The number of hydrogen-bond donors (Lipinski definition) is 0. The summed E-state index contributed by atoms with van der Waals surface area (Å²) in [6, 6.07) is 10.2. The van der Waals surface area contributed by atoms with Gasteiger partial charge in [0.15, 0.2) is 5.78 Å². The highest BCUT2D eigenvalue weighted by Gasteiger charge is 2.17. The van der Waals surface area contributed by atoms with Gasteiger partial charge in [-0.15, -0.1) is 11.3 Å². The molecule has 1 aromatic carbocycles. The highest BCUT2D eigenvalue weighted by atomic mass is 32.1. The minimum atomic E-state index is 0.235. The van der Waals surface area contributed by atoms with Crippen LogP contribution in [0.15, 0.2) is 42.0 Å². The first kappa shape index (κ1) is 9.79. The van der Waals surface area contributed by atoms with E-state index in [2.05, 4.69) is 18.2 Å². The third kappa shape index (κ3) is 1.59. The van der Waals surface area contributed by atoms with E-state index in [-0.39, 0.29) is 5.78 Å². The number of hydrogen-bond acceptors (Lipinski definition) is 2. The normalized spacial score (nSPS) is 15.4. The lowest BCUT2D eigenvalue weighted by Crippen LogP contribution is -1.97. The first-order chi connectivity index (χ1) is 7.84. The molecule has 0 fully saturated rings. The van der Waals surface area contributed by atoms with Gasteiger partial charge in [0.05, 0.1) is 4.88 Å². The number of fused-ring (bicyclic) bond motifs is 1. The van der Waals surface area contributed by atoms with Gasteiger partial charge in [-0.05, 0) is 42.4 Å². The fourth-order valence-corrected chi connectivity index (χ4v) is 3.17. The molecule has 16 heavy (non-hydrogen) atoms. The van der Waals surface area contributed by atoms with E-state index in [9.17, 15) is 4.79 Å². The third-order valence-electron chi connectivity index (χ3n) is 2.98. The van der Waals surface area contributed by atoms with Gasteiger partial charge < -0.3 is 0 Å². The van der Waals surface area contributed by atoms with Gasteiger partial charge in [-0.1, -0.05) is 24.3 Å². The first-order valence-electron chi connectivity index (χ1n) is 5.57. The van der Waals surface area contributed by atoms with Crippen LogP contribution in [0.25, 0.3) is 10.1 Å². The molecule has 0 atom stereocenters. The molecule has 3 rings (SSSR count). The number of thiophene rings is 1. The molecule has 0 bridgehead atoms. The van der Waals surface area contributed by atoms with E-state index >= 15 is 0 Å². The lowest BCUT2D eigenvalue weighted by Gasteiger charge is -1.96. The summed E-state index contributed by atoms with van der Waals surface area (Å²) in [6.07, 6.45) is 5.23. The minimum absolute atomic E-state index is 0.235. The lowest BCUT2D eigenvalue weighted by molar-refractivity contribution is 0.103. The van der Waals surface area contributed by atoms with Crippen LogP contribution in [-0.4, -0.2) is 5.78 Å². The summed E-state index contributed by atoms with van der Waals surface area (Å²) in [6.45, 7) is 0. The maximum absolute atomic E-state index is 12.2. The van der Waals surface area contributed by atoms with Crippen molar-refractivity contribution in [2.75, 3.05) is 0 Å². The maximum Gasteiger partial charge on any atom is 0.198 e. The Kier molecular flexibility index (Phi) is 2.37. The summed E-state index contributed by atoms with van der Waals surface area (Å²) in [7, 11) is 0. The molecule has 1 nitrogen and oxygen atoms in total. The number of carbonyl (C=O) groups is 1. The van der Waals surface area contributed by atoms with Crippen molar-refractivity contribution in [2.45, 2.75) is 19.3 Å². The number of rotatable bonds is 2. The highest BCUT2D eigenvalue weighted by Crippen LogP contribution is 2.29. The Balaban J connectivity index is 2.02. The summed E-state index contributed by atoms with van der Waals surface area (Å²) >= 11 is 1.60. The number of allylic oxidation sites excluding steroid dienone is 2. The van der Waals surface area contributed by atoms with Gasteiger partial charge >= 0.3 is 0 Å². The van der Waals surface area contributed by atoms with Gasteiger partial charge in [0.25, 0.3) is 0 Å². The molecule has 0 radical (unpaired) electrons. The average Bonchev–Trinajstić information content (AvgIpc) is 2.97. The average molecular weight is 228 g/mol. The molecule has 0 spiro atoms. The van der Waals surface area contributed by atoms with Crippen molar-refractivity contribution in [3.05, 3.63) is 46.9 Å². The molecular formula is C14H12OS. The topological polar surface area (TPSA) is 17.1 Å². The van der Waals surface area contributed by atoms with Crippen molar-refractivity contribution < 1.29 is 4.79 Å². The van der Waals surface area contributed by atoms with Crippen molar-refractivity contribution in [2.24, 2.45) is 0 Å². The Morgan fingerprint density at radius 2 is 2.12 bits per heavy atom. The van der Waals surface area contributed by atoms with Crippen LogP contribution in [0.3, 0.4) is 0 Å². The van der Waals surface area contributed by atoms with Gasteiger partial charge in [0.2, 0.25) is 0 Å². The van der Waals surface area contributed by atoms with E-state index in [1.165, 1.54) is 10.1 Å². The molecule has 1 heterocycles. The van der Waals surface area contributed by atoms with Crippen LogP contribution >= 0.6 is 11.3 Å². The predicted octanol–water partition coefficient (Wildman–Crippen LogP) is 4.19. The summed E-state index contributed by atoms with van der Waals surface area (Å²) in [5, 5.41) is 1.18.